The van der Waals surface area contributed by atoms with Crippen LogP contribution in [0.3, 0.4) is 0 Å². The molecule has 10 nitrogen and oxygen atoms in total. The standard InChI is InChI=1S/C21H34N4O6S/c1-13(2)12-15(18(26)23-17(20(28)22-6)21(3,4)5)16(19(27)24-29)25-32(30,31)14-10-8-7-9-11-14/h7-11,13,15-17,25,29H,12H2,1-6H3,(H,22,28)(H,23,26)(H,24,27)/t15-,16+,17-/m1/s1. The van der Waals surface area contributed by atoms with Gasteiger partial charge in [-0.1, -0.05) is 52.8 Å². The first-order chi connectivity index (χ1) is 14.7. The quantitative estimate of drug-likeness (QED) is 0.251. The maximum atomic E-state index is 13.3. The number of amides is 3. The highest BCUT2D eigenvalue weighted by Crippen LogP contribution is 2.23. The zero-order valence-electron chi connectivity index (χ0n) is 19.3. The van der Waals surface area contributed by atoms with Crippen LogP contribution in [0.1, 0.15) is 41.0 Å². The largest absolute Gasteiger partial charge is 0.357 e. The molecule has 0 fully saturated rings. The Kier molecular flexibility index (Phi) is 9.80. The van der Waals surface area contributed by atoms with Gasteiger partial charge >= 0.3 is 0 Å². The Balaban J connectivity index is 3.37. The minimum absolute atomic E-state index is 0.0997. The molecule has 0 saturated carbocycles. The van der Waals surface area contributed by atoms with Crippen molar-refractivity contribution < 1.29 is 28.0 Å². The predicted octanol–water partition coefficient (Wildman–Crippen LogP) is 0.778. The van der Waals surface area contributed by atoms with Crippen molar-refractivity contribution >= 4 is 27.7 Å². The van der Waals surface area contributed by atoms with Gasteiger partial charge in [-0.05, 0) is 29.9 Å². The molecule has 0 radical (unpaired) electrons. The summed E-state index contributed by atoms with van der Waals surface area (Å²) in [6.45, 7) is 8.90. The molecule has 0 spiro atoms. The molecule has 0 aliphatic rings. The van der Waals surface area contributed by atoms with E-state index in [1.807, 2.05) is 0 Å². The smallest absolute Gasteiger partial charge is 0.262 e. The van der Waals surface area contributed by atoms with Crippen LogP contribution >= 0.6 is 0 Å². The van der Waals surface area contributed by atoms with E-state index in [-0.39, 0.29) is 17.2 Å². The summed E-state index contributed by atoms with van der Waals surface area (Å²) in [4.78, 5) is 38.0. The van der Waals surface area contributed by atoms with Gasteiger partial charge in [0.05, 0.1) is 10.8 Å². The summed E-state index contributed by atoms with van der Waals surface area (Å²) in [5.74, 6) is -3.50. The number of rotatable bonds is 10. The van der Waals surface area contributed by atoms with Crippen molar-refractivity contribution in [3.05, 3.63) is 30.3 Å². The Morgan fingerprint density at radius 2 is 1.56 bits per heavy atom. The molecule has 11 heteroatoms. The van der Waals surface area contributed by atoms with Crippen LogP contribution in [0.4, 0.5) is 0 Å². The van der Waals surface area contributed by atoms with E-state index in [0.717, 1.165) is 0 Å². The molecule has 32 heavy (non-hydrogen) atoms. The number of hydrogen-bond acceptors (Lipinski definition) is 6. The highest BCUT2D eigenvalue weighted by Gasteiger charge is 2.40. The number of carbonyl (C=O) groups is 3. The normalized spacial score (nSPS) is 14.9. The molecular weight excluding hydrogens is 436 g/mol. The average Bonchev–Trinajstić information content (AvgIpc) is 2.72. The van der Waals surface area contributed by atoms with Crippen LogP contribution in [0, 0.1) is 17.3 Å². The second-order valence-electron chi connectivity index (χ2n) is 9.05. The van der Waals surface area contributed by atoms with Crippen molar-refractivity contribution in [1.29, 1.82) is 0 Å². The highest BCUT2D eigenvalue weighted by atomic mass is 32.2. The number of sulfonamides is 1. The third-order valence-electron chi connectivity index (χ3n) is 4.85. The van der Waals surface area contributed by atoms with Gasteiger partial charge in [-0.2, -0.15) is 4.72 Å². The Bertz CT molecular complexity index is 897. The molecule has 180 valence electrons. The van der Waals surface area contributed by atoms with Crippen molar-refractivity contribution in [1.82, 2.24) is 20.8 Å². The van der Waals surface area contributed by atoms with Gasteiger partial charge in [-0.25, -0.2) is 13.9 Å². The Hall–Kier alpha value is -2.50. The SMILES string of the molecule is CNC(=O)[C@@H](NC(=O)[C@H](CC(C)C)[C@H](NS(=O)(=O)c1ccccc1)C(=O)NO)C(C)(C)C. The fourth-order valence-electron chi connectivity index (χ4n) is 3.19. The minimum Gasteiger partial charge on any atom is -0.357 e. The zero-order chi connectivity index (χ0) is 24.7. The minimum atomic E-state index is -4.19. The van der Waals surface area contributed by atoms with Crippen molar-refractivity contribution in [2.75, 3.05) is 7.05 Å². The average molecular weight is 471 g/mol. The lowest BCUT2D eigenvalue weighted by atomic mass is 9.84. The van der Waals surface area contributed by atoms with Crippen LogP contribution in [0.15, 0.2) is 35.2 Å². The summed E-state index contributed by atoms with van der Waals surface area (Å²) in [5, 5.41) is 14.4. The van der Waals surface area contributed by atoms with Crippen molar-refractivity contribution in [2.45, 2.75) is 58.0 Å². The molecule has 0 aromatic heterocycles. The number of likely N-dealkylation sites (N-methyl/N-ethyl adjacent to an activating group) is 1. The summed E-state index contributed by atoms with van der Waals surface area (Å²) < 4.78 is 27.9. The van der Waals surface area contributed by atoms with Crippen LogP contribution < -0.4 is 20.8 Å². The molecule has 3 amide bonds. The molecule has 1 aromatic carbocycles. The molecule has 5 N–H and O–H groups in total. The lowest BCUT2D eigenvalue weighted by Crippen LogP contribution is -2.59. The van der Waals surface area contributed by atoms with Gasteiger partial charge in [0.2, 0.25) is 21.8 Å². The van der Waals surface area contributed by atoms with Gasteiger partial charge in [0, 0.05) is 7.05 Å². The van der Waals surface area contributed by atoms with E-state index in [1.54, 1.807) is 40.7 Å². The van der Waals surface area contributed by atoms with Crippen molar-refractivity contribution in [3.63, 3.8) is 0 Å². The lowest BCUT2D eigenvalue weighted by molar-refractivity contribution is -0.139. The predicted molar refractivity (Wildman–Crippen MR) is 119 cm³/mol. The molecule has 0 aliphatic carbocycles. The first-order valence-electron chi connectivity index (χ1n) is 10.3. The van der Waals surface area contributed by atoms with E-state index in [4.69, 9.17) is 0 Å². The van der Waals surface area contributed by atoms with Crippen LogP contribution in [0.25, 0.3) is 0 Å². The summed E-state index contributed by atoms with van der Waals surface area (Å²) in [7, 11) is -2.75. The number of benzene rings is 1. The number of hydroxylamine groups is 1. The molecule has 3 atom stereocenters. The van der Waals surface area contributed by atoms with Gasteiger partial charge in [0.25, 0.3) is 5.91 Å². The van der Waals surface area contributed by atoms with Crippen LogP contribution in [-0.2, 0) is 24.4 Å². The lowest BCUT2D eigenvalue weighted by Gasteiger charge is -2.33. The van der Waals surface area contributed by atoms with Gasteiger partial charge in [0.1, 0.15) is 12.1 Å². The van der Waals surface area contributed by atoms with Crippen molar-refractivity contribution in [2.24, 2.45) is 17.3 Å². The summed E-state index contributed by atoms with van der Waals surface area (Å²) >= 11 is 0. The Morgan fingerprint density at radius 3 is 2.00 bits per heavy atom. The molecule has 0 unspecified atom stereocenters. The second-order valence-corrected chi connectivity index (χ2v) is 10.8. The molecule has 0 heterocycles. The maximum Gasteiger partial charge on any atom is 0.262 e. The fraction of sp³-hybridized carbons (Fsp3) is 0.571. The molecule has 0 saturated heterocycles. The van der Waals surface area contributed by atoms with E-state index in [0.29, 0.717) is 0 Å². The van der Waals surface area contributed by atoms with E-state index in [1.165, 1.54) is 36.8 Å². The monoisotopic (exact) mass is 470 g/mol. The van der Waals surface area contributed by atoms with Gasteiger partial charge in [-0.3, -0.25) is 19.6 Å². The number of carbonyl (C=O) groups excluding carboxylic acids is 3. The molecule has 1 aromatic rings. The van der Waals surface area contributed by atoms with E-state index >= 15 is 0 Å². The topological polar surface area (TPSA) is 154 Å². The zero-order valence-corrected chi connectivity index (χ0v) is 20.1. The van der Waals surface area contributed by atoms with E-state index < -0.39 is 51.2 Å². The van der Waals surface area contributed by atoms with Crippen LogP contribution in [-0.4, -0.2) is 50.5 Å². The Labute approximate surface area is 189 Å². The Morgan fingerprint density at radius 1 is 1.00 bits per heavy atom. The van der Waals surface area contributed by atoms with Crippen molar-refractivity contribution in [3.8, 4) is 0 Å². The van der Waals surface area contributed by atoms with Crippen LogP contribution in [0.2, 0.25) is 0 Å². The van der Waals surface area contributed by atoms with Crippen LogP contribution in [0.5, 0.6) is 0 Å². The first-order valence-corrected chi connectivity index (χ1v) is 11.8. The van der Waals surface area contributed by atoms with Gasteiger partial charge in [-0.15, -0.1) is 0 Å². The second kappa shape index (κ2) is 11.4. The molecular formula is C21H34N4O6S. The molecule has 0 bridgehead atoms. The van der Waals surface area contributed by atoms with Gasteiger partial charge in [0.15, 0.2) is 0 Å². The molecule has 0 aliphatic heterocycles. The third-order valence-corrected chi connectivity index (χ3v) is 6.31. The summed E-state index contributed by atoms with van der Waals surface area (Å²) in [5.41, 5.74) is 0.784. The van der Waals surface area contributed by atoms with E-state index in [2.05, 4.69) is 15.4 Å². The fourth-order valence-corrected chi connectivity index (χ4v) is 4.45. The van der Waals surface area contributed by atoms with Gasteiger partial charge < -0.3 is 10.6 Å². The highest BCUT2D eigenvalue weighted by molar-refractivity contribution is 7.89. The summed E-state index contributed by atoms with van der Waals surface area (Å²) in [6, 6.07) is 4.81. The number of hydrogen-bond donors (Lipinski definition) is 5. The number of nitrogens with one attached hydrogen (secondary N) is 4. The molecule has 1 rings (SSSR count). The third kappa shape index (κ3) is 7.57. The first kappa shape index (κ1) is 27.5. The maximum absolute atomic E-state index is 13.3. The summed E-state index contributed by atoms with van der Waals surface area (Å²) in [6.07, 6.45) is 0.117. The van der Waals surface area contributed by atoms with E-state index in [9.17, 15) is 28.0 Å².